The van der Waals surface area contributed by atoms with Crippen LogP contribution in [0.2, 0.25) is 0 Å². The third-order valence-corrected chi connectivity index (χ3v) is 2.88. The molecular formula is C10H12BrFN2O3. The molecule has 0 aliphatic rings. The topological polar surface area (TPSA) is 66.6 Å². The lowest BCUT2D eigenvalue weighted by Crippen LogP contribution is -2.20. The number of hydrogen-bond donors (Lipinski definition) is 1. The van der Waals surface area contributed by atoms with E-state index >= 15 is 0 Å². The molecule has 0 saturated carbocycles. The van der Waals surface area contributed by atoms with Gasteiger partial charge in [0.05, 0.1) is 9.40 Å². The maximum Gasteiger partial charge on any atom is 0.293 e. The van der Waals surface area contributed by atoms with Gasteiger partial charge >= 0.3 is 0 Å². The zero-order chi connectivity index (χ0) is 13.0. The maximum atomic E-state index is 13.4. The number of benzene rings is 1. The molecule has 0 atom stereocenters. The average Bonchev–Trinajstić information content (AvgIpc) is 2.28. The van der Waals surface area contributed by atoms with Gasteiger partial charge < -0.3 is 10.0 Å². The molecule has 1 rings (SSSR count). The highest BCUT2D eigenvalue weighted by Gasteiger charge is 2.20. The smallest absolute Gasteiger partial charge is 0.293 e. The standard InChI is InChI=1S/C10H12BrFN2O3/c1-13(3-2-4-15)9-6-8(12)7(11)5-10(9)14(16)17/h5-6,15H,2-4H2,1H3. The van der Waals surface area contributed by atoms with Crippen molar-refractivity contribution >= 4 is 27.3 Å². The molecule has 7 heteroatoms. The molecule has 0 spiro atoms. The zero-order valence-electron chi connectivity index (χ0n) is 9.19. The Morgan fingerprint density at radius 1 is 1.59 bits per heavy atom. The van der Waals surface area contributed by atoms with Gasteiger partial charge in [-0.05, 0) is 22.4 Å². The lowest BCUT2D eigenvalue weighted by molar-refractivity contribution is -0.384. The van der Waals surface area contributed by atoms with Crippen LogP contribution < -0.4 is 4.90 Å². The third-order valence-electron chi connectivity index (χ3n) is 2.28. The van der Waals surface area contributed by atoms with Crippen molar-refractivity contribution in [3.8, 4) is 0 Å². The molecular weight excluding hydrogens is 295 g/mol. The number of aliphatic hydroxyl groups is 1. The summed E-state index contributed by atoms with van der Waals surface area (Å²) in [7, 11) is 1.62. The predicted molar refractivity (Wildman–Crippen MR) is 65.7 cm³/mol. The molecule has 1 aromatic carbocycles. The normalized spacial score (nSPS) is 10.4. The summed E-state index contributed by atoms with van der Waals surface area (Å²) in [6.45, 7) is 0.398. The van der Waals surface area contributed by atoms with Gasteiger partial charge in [-0.1, -0.05) is 0 Å². The van der Waals surface area contributed by atoms with Crippen molar-refractivity contribution in [3.05, 3.63) is 32.5 Å². The van der Waals surface area contributed by atoms with Crippen LogP contribution in [0.1, 0.15) is 6.42 Å². The van der Waals surface area contributed by atoms with Crippen molar-refractivity contribution in [3.63, 3.8) is 0 Å². The Morgan fingerprint density at radius 3 is 2.76 bits per heavy atom. The molecule has 0 aliphatic heterocycles. The van der Waals surface area contributed by atoms with Crippen LogP contribution in [0.25, 0.3) is 0 Å². The van der Waals surface area contributed by atoms with E-state index in [4.69, 9.17) is 5.11 Å². The van der Waals surface area contributed by atoms with Gasteiger partial charge in [0.1, 0.15) is 11.5 Å². The molecule has 1 N–H and O–H groups in total. The van der Waals surface area contributed by atoms with Crippen LogP contribution in [-0.4, -0.2) is 30.2 Å². The van der Waals surface area contributed by atoms with Crippen molar-refractivity contribution < 1.29 is 14.4 Å². The van der Waals surface area contributed by atoms with E-state index in [0.29, 0.717) is 13.0 Å². The summed E-state index contributed by atoms with van der Waals surface area (Å²) < 4.78 is 13.4. The van der Waals surface area contributed by atoms with E-state index in [9.17, 15) is 14.5 Å². The summed E-state index contributed by atoms with van der Waals surface area (Å²) >= 11 is 2.91. The maximum absolute atomic E-state index is 13.4. The van der Waals surface area contributed by atoms with Gasteiger partial charge in [0.25, 0.3) is 5.69 Å². The van der Waals surface area contributed by atoms with Crippen molar-refractivity contribution in [2.45, 2.75) is 6.42 Å². The van der Waals surface area contributed by atoms with E-state index in [0.717, 1.165) is 12.1 Å². The summed E-state index contributed by atoms with van der Waals surface area (Å²) in [6, 6.07) is 2.25. The van der Waals surface area contributed by atoms with E-state index in [1.165, 1.54) is 0 Å². The molecule has 0 radical (unpaired) electrons. The third kappa shape index (κ3) is 3.37. The minimum atomic E-state index is -0.561. The molecule has 17 heavy (non-hydrogen) atoms. The first kappa shape index (κ1) is 13.9. The first-order valence-corrected chi connectivity index (χ1v) is 5.72. The van der Waals surface area contributed by atoms with E-state index < -0.39 is 10.7 Å². The Kier molecular flexibility index (Phi) is 4.83. The van der Waals surface area contributed by atoms with Crippen molar-refractivity contribution in [1.82, 2.24) is 0 Å². The fraction of sp³-hybridized carbons (Fsp3) is 0.400. The van der Waals surface area contributed by atoms with E-state index in [1.807, 2.05) is 0 Å². The first-order chi connectivity index (χ1) is 7.97. The lowest BCUT2D eigenvalue weighted by atomic mass is 10.2. The second-order valence-electron chi connectivity index (χ2n) is 3.51. The Balaban J connectivity index is 3.11. The van der Waals surface area contributed by atoms with Crippen LogP contribution in [0.4, 0.5) is 15.8 Å². The molecule has 94 valence electrons. The molecule has 0 bridgehead atoms. The molecule has 0 unspecified atom stereocenters. The van der Waals surface area contributed by atoms with Gasteiger partial charge in [-0.2, -0.15) is 0 Å². The van der Waals surface area contributed by atoms with Crippen molar-refractivity contribution in [1.29, 1.82) is 0 Å². The molecule has 0 saturated heterocycles. The van der Waals surface area contributed by atoms with Crippen molar-refractivity contribution in [2.75, 3.05) is 25.1 Å². The number of nitrogens with zero attached hydrogens (tertiary/aromatic N) is 2. The van der Waals surface area contributed by atoms with Crippen LogP contribution in [0, 0.1) is 15.9 Å². The molecule has 5 nitrogen and oxygen atoms in total. The fourth-order valence-electron chi connectivity index (χ4n) is 1.41. The largest absolute Gasteiger partial charge is 0.396 e. The average molecular weight is 307 g/mol. The second kappa shape index (κ2) is 5.92. The summed E-state index contributed by atoms with van der Waals surface area (Å²) in [6.07, 6.45) is 0.464. The van der Waals surface area contributed by atoms with E-state index in [1.54, 1.807) is 11.9 Å². The predicted octanol–water partition coefficient (Wildman–Crippen LogP) is 2.32. The van der Waals surface area contributed by atoms with Crippen LogP contribution in [0.5, 0.6) is 0 Å². The number of anilines is 1. The van der Waals surface area contributed by atoms with Gasteiger partial charge in [-0.15, -0.1) is 0 Å². The number of aliphatic hydroxyl groups excluding tert-OH is 1. The number of hydrogen-bond acceptors (Lipinski definition) is 4. The first-order valence-electron chi connectivity index (χ1n) is 4.92. The summed E-state index contributed by atoms with van der Waals surface area (Å²) in [4.78, 5) is 11.8. The lowest BCUT2D eigenvalue weighted by Gasteiger charge is -2.18. The van der Waals surface area contributed by atoms with Gasteiger partial charge in [0, 0.05) is 32.3 Å². The van der Waals surface area contributed by atoms with Crippen LogP contribution >= 0.6 is 15.9 Å². The molecule has 0 fully saturated rings. The van der Waals surface area contributed by atoms with Crippen LogP contribution in [0.15, 0.2) is 16.6 Å². The second-order valence-corrected chi connectivity index (χ2v) is 4.37. The summed E-state index contributed by atoms with van der Waals surface area (Å²) in [5.41, 5.74) is 0.0304. The highest BCUT2D eigenvalue weighted by molar-refractivity contribution is 9.10. The summed E-state index contributed by atoms with van der Waals surface area (Å²) in [5.74, 6) is -0.554. The van der Waals surface area contributed by atoms with Gasteiger partial charge in [0.15, 0.2) is 0 Å². The number of nitro benzene ring substituents is 1. The van der Waals surface area contributed by atoms with E-state index in [2.05, 4.69) is 15.9 Å². The summed E-state index contributed by atoms with van der Waals surface area (Å²) in [5, 5.41) is 19.5. The van der Waals surface area contributed by atoms with Gasteiger partial charge in [-0.25, -0.2) is 4.39 Å². The number of nitro groups is 1. The quantitative estimate of drug-likeness (QED) is 0.669. The number of halogens is 2. The highest BCUT2D eigenvalue weighted by atomic mass is 79.9. The minimum Gasteiger partial charge on any atom is -0.396 e. The molecule has 1 aromatic rings. The molecule has 0 aromatic heterocycles. The van der Waals surface area contributed by atoms with E-state index in [-0.39, 0.29) is 22.5 Å². The Hall–Kier alpha value is -1.21. The highest BCUT2D eigenvalue weighted by Crippen LogP contribution is 2.32. The molecule has 0 amide bonds. The number of rotatable bonds is 5. The van der Waals surface area contributed by atoms with Crippen LogP contribution in [-0.2, 0) is 0 Å². The minimum absolute atomic E-state index is 0.0167. The fourth-order valence-corrected chi connectivity index (χ4v) is 1.74. The molecule has 0 aliphatic carbocycles. The van der Waals surface area contributed by atoms with Crippen molar-refractivity contribution in [2.24, 2.45) is 0 Å². The monoisotopic (exact) mass is 306 g/mol. The Bertz CT molecular complexity index is 428. The Morgan fingerprint density at radius 2 is 2.24 bits per heavy atom. The zero-order valence-corrected chi connectivity index (χ0v) is 10.8. The SMILES string of the molecule is CN(CCCO)c1cc(F)c(Br)cc1[N+](=O)[O-]. The Labute approximate surface area is 106 Å². The molecule has 0 heterocycles. The van der Waals surface area contributed by atoms with Gasteiger partial charge in [0.2, 0.25) is 0 Å². The van der Waals surface area contributed by atoms with Crippen LogP contribution in [0.3, 0.4) is 0 Å². The van der Waals surface area contributed by atoms with Gasteiger partial charge in [-0.3, -0.25) is 10.1 Å².